The molecule has 1 aromatic rings. The molecule has 0 spiro atoms. The third kappa shape index (κ3) is 2.21. The normalized spacial score (nSPS) is 15.9. The molecule has 0 saturated carbocycles. The van der Waals surface area contributed by atoms with Crippen molar-refractivity contribution in [1.29, 1.82) is 0 Å². The summed E-state index contributed by atoms with van der Waals surface area (Å²) < 4.78 is 38.7. The molecule has 90 valence electrons. The van der Waals surface area contributed by atoms with E-state index in [4.69, 9.17) is 0 Å². The molecule has 1 atom stereocenters. The molecule has 1 unspecified atom stereocenters. The predicted molar refractivity (Wildman–Crippen MR) is 58.3 cm³/mol. The molecule has 0 aliphatic rings. The fourth-order valence-corrected chi connectivity index (χ4v) is 1.52. The summed E-state index contributed by atoms with van der Waals surface area (Å²) in [7, 11) is 1.32. The lowest BCUT2D eigenvalue weighted by Gasteiger charge is -2.32. The lowest BCUT2D eigenvalue weighted by atomic mass is 9.90. The van der Waals surface area contributed by atoms with E-state index in [0.717, 1.165) is 18.9 Å². The molecular weight excluding hydrogens is 215 g/mol. The van der Waals surface area contributed by atoms with Gasteiger partial charge in [0.25, 0.3) is 0 Å². The lowest BCUT2D eigenvalue weighted by molar-refractivity contribution is -0.193. The smallest absolute Gasteiger partial charge is 0.303 e. The molecule has 0 amide bonds. The van der Waals surface area contributed by atoms with E-state index in [1.54, 1.807) is 12.1 Å². The van der Waals surface area contributed by atoms with E-state index < -0.39 is 11.7 Å². The summed E-state index contributed by atoms with van der Waals surface area (Å²) in [6, 6.07) is 6.53. The minimum Gasteiger partial charge on any atom is -0.303 e. The second kappa shape index (κ2) is 4.45. The highest BCUT2D eigenvalue weighted by molar-refractivity contribution is 5.29. The zero-order chi connectivity index (χ0) is 12.4. The molecule has 0 bridgehead atoms. The van der Waals surface area contributed by atoms with E-state index in [0.29, 0.717) is 0 Å². The first-order valence-electron chi connectivity index (χ1n) is 5.20. The molecule has 1 aromatic carbocycles. The Hall–Kier alpha value is -1.03. The van der Waals surface area contributed by atoms with Gasteiger partial charge < -0.3 is 5.32 Å². The van der Waals surface area contributed by atoms with Crippen LogP contribution in [0.3, 0.4) is 0 Å². The molecule has 0 radical (unpaired) electrons. The number of benzene rings is 1. The summed E-state index contributed by atoms with van der Waals surface area (Å²) in [6.07, 6.45) is -3.49. The maximum atomic E-state index is 12.9. The van der Waals surface area contributed by atoms with E-state index >= 15 is 0 Å². The topological polar surface area (TPSA) is 12.0 Å². The first-order chi connectivity index (χ1) is 7.35. The monoisotopic (exact) mass is 231 g/mol. The summed E-state index contributed by atoms with van der Waals surface area (Å²) in [5.74, 6) is 0. The van der Waals surface area contributed by atoms with Crippen molar-refractivity contribution in [3.05, 3.63) is 35.4 Å². The highest BCUT2D eigenvalue weighted by Crippen LogP contribution is 2.38. The van der Waals surface area contributed by atoms with Gasteiger partial charge in [-0.15, -0.1) is 0 Å². The molecule has 0 aliphatic heterocycles. The molecule has 0 saturated heterocycles. The average molecular weight is 231 g/mol. The third-order valence-electron chi connectivity index (χ3n) is 3.01. The minimum atomic E-state index is -4.31. The van der Waals surface area contributed by atoms with Crippen molar-refractivity contribution in [2.24, 2.45) is 0 Å². The molecule has 1 rings (SSSR count). The fraction of sp³-hybridized carbons (Fsp3) is 0.500. The molecule has 4 heteroatoms. The fourth-order valence-electron chi connectivity index (χ4n) is 1.52. The summed E-state index contributed by atoms with van der Waals surface area (Å²) in [4.78, 5) is 0. The van der Waals surface area contributed by atoms with Crippen LogP contribution in [-0.2, 0) is 12.0 Å². The van der Waals surface area contributed by atoms with Gasteiger partial charge in [0.15, 0.2) is 0 Å². The summed E-state index contributed by atoms with van der Waals surface area (Å²) in [5, 5.41) is 2.35. The number of hydrogen-bond donors (Lipinski definition) is 1. The number of nitrogens with one attached hydrogen (secondary N) is 1. The Morgan fingerprint density at radius 2 is 1.62 bits per heavy atom. The average Bonchev–Trinajstić information content (AvgIpc) is 2.26. The van der Waals surface area contributed by atoms with Crippen LogP contribution in [0.1, 0.15) is 25.0 Å². The Balaban J connectivity index is 3.13. The second-order valence-electron chi connectivity index (χ2n) is 3.92. The van der Waals surface area contributed by atoms with Crippen LogP contribution in [0, 0.1) is 0 Å². The van der Waals surface area contributed by atoms with Crippen molar-refractivity contribution < 1.29 is 13.2 Å². The van der Waals surface area contributed by atoms with Crippen molar-refractivity contribution in [3.8, 4) is 0 Å². The Labute approximate surface area is 93.7 Å². The van der Waals surface area contributed by atoms with Gasteiger partial charge in [-0.05, 0) is 31.5 Å². The van der Waals surface area contributed by atoms with Crippen LogP contribution in [0.5, 0.6) is 0 Å². The van der Waals surface area contributed by atoms with Crippen molar-refractivity contribution in [3.63, 3.8) is 0 Å². The van der Waals surface area contributed by atoms with Gasteiger partial charge in [-0.1, -0.05) is 31.2 Å². The highest BCUT2D eigenvalue weighted by atomic mass is 19.4. The number of alkyl halides is 3. The van der Waals surface area contributed by atoms with Crippen LogP contribution in [0.4, 0.5) is 13.2 Å². The molecular formula is C12H16F3N. The van der Waals surface area contributed by atoms with E-state index in [2.05, 4.69) is 5.32 Å². The van der Waals surface area contributed by atoms with Crippen LogP contribution in [-0.4, -0.2) is 13.2 Å². The Morgan fingerprint density at radius 1 is 1.12 bits per heavy atom. The Morgan fingerprint density at radius 3 is 1.94 bits per heavy atom. The largest absolute Gasteiger partial charge is 0.410 e. The van der Waals surface area contributed by atoms with Gasteiger partial charge in [0.1, 0.15) is 5.54 Å². The van der Waals surface area contributed by atoms with Crippen molar-refractivity contribution in [1.82, 2.24) is 5.32 Å². The summed E-state index contributed by atoms with van der Waals surface area (Å²) in [6.45, 7) is 3.12. The molecule has 0 fully saturated rings. The number of hydrogen-bond acceptors (Lipinski definition) is 1. The van der Waals surface area contributed by atoms with E-state index in [9.17, 15) is 13.2 Å². The van der Waals surface area contributed by atoms with Crippen molar-refractivity contribution in [2.45, 2.75) is 32.0 Å². The molecule has 16 heavy (non-hydrogen) atoms. The van der Waals surface area contributed by atoms with Gasteiger partial charge in [0.2, 0.25) is 0 Å². The lowest BCUT2D eigenvalue weighted by Crippen LogP contribution is -2.49. The third-order valence-corrected chi connectivity index (χ3v) is 3.01. The van der Waals surface area contributed by atoms with Gasteiger partial charge in [0.05, 0.1) is 0 Å². The quantitative estimate of drug-likeness (QED) is 0.842. The summed E-state index contributed by atoms with van der Waals surface area (Å²) in [5.41, 5.74) is -0.719. The van der Waals surface area contributed by atoms with E-state index in [1.165, 1.54) is 19.2 Å². The first-order valence-corrected chi connectivity index (χ1v) is 5.20. The van der Waals surface area contributed by atoms with Crippen LogP contribution in [0.2, 0.25) is 0 Å². The Kier molecular flexibility index (Phi) is 3.63. The standard InChI is InChI=1S/C12H16F3N/c1-4-9-5-7-10(8-6-9)11(2,16-3)12(13,14)15/h5-8,16H,4H2,1-3H3. The number of halogens is 3. The van der Waals surface area contributed by atoms with Crippen LogP contribution < -0.4 is 5.32 Å². The number of rotatable bonds is 3. The van der Waals surface area contributed by atoms with Crippen LogP contribution >= 0.6 is 0 Å². The van der Waals surface area contributed by atoms with Crippen molar-refractivity contribution >= 4 is 0 Å². The molecule has 1 N–H and O–H groups in total. The van der Waals surface area contributed by atoms with Gasteiger partial charge in [-0.3, -0.25) is 0 Å². The predicted octanol–water partition coefficient (Wildman–Crippen LogP) is 3.25. The van der Waals surface area contributed by atoms with E-state index in [1.807, 2.05) is 6.92 Å². The molecule has 0 heterocycles. The van der Waals surface area contributed by atoms with Gasteiger partial charge in [-0.2, -0.15) is 13.2 Å². The summed E-state index contributed by atoms with van der Waals surface area (Å²) >= 11 is 0. The second-order valence-corrected chi connectivity index (χ2v) is 3.92. The van der Waals surface area contributed by atoms with Crippen LogP contribution in [0.15, 0.2) is 24.3 Å². The van der Waals surface area contributed by atoms with Crippen molar-refractivity contribution in [2.75, 3.05) is 7.05 Å². The SMILES string of the molecule is CCc1ccc(C(C)(NC)C(F)(F)F)cc1. The maximum absolute atomic E-state index is 12.9. The van der Waals surface area contributed by atoms with E-state index in [-0.39, 0.29) is 5.56 Å². The van der Waals surface area contributed by atoms with Crippen LogP contribution in [0.25, 0.3) is 0 Å². The zero-order valence-corrected chi connectivity index (χ0v) is 9.65. The molecule has 0 aliphatic carbocycles. The van der Waals surface area contributed by atoms with Gasteiger partial charge >= 0.3 is 6.18 Å². The van der Waals surface area contributed by atoms with Gasteiger partial charge in [-0.25, -0.2) is 0 Å². The minimum absolute atomic E-state index is 0.236. The first kappa shape index (κ1) is 13.0. The highest BCUT2D eigenvalue weighted by Gasteiger charge is 2.51. The number of aryl methyl sites for hydroxylation is 1. The molecule has 1 nitrogen and oxygen atoms in total. The zero-order valence-electron chi connectivity index (χ0n) is 9.65. The Bertz CT molecular complexity index is 342. The maximum Gasteiger partial charge on any atom is 0.410 e. The molecule has 0 aromatic heterocycles. The van der Waals surface area contributed by atoms with Gasteiger partial charge in [0, 0.05) is 0 Å².